The SMILES string of the molecule is Nc1cc(NC(=O)N2CCCCc3ccccc32)ccc1O. The number of carbonyl (C=O) groups is 1. The van der Waals surface area contributed by atoms with E-state index in [1.165, 1.54) is 11.6 Å². The Bertz CT molecular complexity index is 700. The van der Waals surface area contributed by atoms with Crippen LogP contribution in [0.1, 0.15) is 18.4 Å². The van der Waals surface area contributed by atoms with E-state index in [2.05, 4.69) is 11.4 Å². The van der Waals surface area contributed by atoms with Crippen LogP contribution in [0, 0.1) is 0 Å². The number of hydrogen-bond acceptors (Lipinski definition) is 3. The van der Waals surface area contributed by atoms with Crippen molar-refractivity contribution < 1.29 is 9.90 Å². The fraction of sp³-hybridized carbons (Fsp3) is 0.235. The number of phenols is 1. The van der Waals surface area contributed by atoms with E-state index < -0.39 is 0 Å². The molecular formula is C17H19N3O2. The fourth-order valence-electron chi connectivity index (χ4n) is 2.73. The standard InChI is InChI=1S/C17H19N3O2/c18-14-11-13(8-9-16(14)21)19-17(22)20-10-4-3-6-12-5-1-2-7-15(12)20/h1-2,5,7-9,11,21H,3-4,6,10,18H2,(H,19,22). The number of aromatic hydroxyl groups is 1. The number of amides is 2. The second-order valence-electron chi connectivity index (χ2n) is 5.44. The minimum atomic E-state index is -0.181. The molecule has 1 aliphatic heterocycles. The number of anilines is 3. The van der Waals surface area contributed by atoms with Gasteiger partial charge in [0.25, 0.3) is 0 Å². The summed E-state index contributed by atoms with van der Waals surface area (Å²) in [6, 6.07) is 12.5. The van der Waals surface area contributed by atoms with E-state index in [1.54, 1.807) is 17.0 Å². The maximum Gasteiger partial charge on any atom is 0.326 e. The Balaban J connectivity index is 1.84. The Labute approximate surface area is 129 Å². The number of nitrogens with two attached hydrogens (primary N) is 1. The van der Waals surface area contributed by atoms with Crippen molar-refractivity contribution in [1.82, 2.24) is 0 Å². The van der Waals surface area contributed by atoms with Gasteiger partial charge in [-0.3, -0.25) is 4.90 Å². The van der Waals surface area contributed by atoms with Crippen molar-refractivity contribution in [1.29, 1.82) is 0 Å². The van der Waals surface area contributed by atoms with E-state index in [0.29, 0.717) is 12.2 Å². The molecule has 22 heavy (non-hydrogen) atoms. The molecule has 1 heterocycles. The zero-order valence-electron chi connectivity index (χ0n) is 12.2. The summed E-state index contributed by atoms with van der Waals surface area (Å²) < 4.78 is 0. The minimum absolute atomic E-state index is 0.0121. The van der Waals surface area contributed by atoms with Gasteiger partial charge in [-0.1, -0.05) is 18.2 Å². The molecule has 0 bridgehead atoms. The lowest BCUT2D eigenvalue weighted by Gasteiger charge is -2.23. The van der Waals surface area contributed by atoms with Gasteiger partial charge in [-0.25, -0.2) is 4.79 Å². The molecule has 0 aliphatic carbocycles. The van der Waals surface area contributed by atoms with Gasteiger partial charge in [-0.05, 0) is 49.1 Å². The van der Waals surface area contributed by atoms with Gasteiger partial charge in [0.05, 0.1) is 5.69 Å². The first-order valence-corrected chi connectivity index (χ1v) is 7.40. The highest BCUT2D eigenvalue weighted by atomic mass is 16.3. The molecule has 0 saturated heterocycles. The van der Waals surface area contributed by atoms with Gasteiger partial charge in [0.15, 0.2) is 0 Å². The van der Waals surface area contributed by atoms with E-state index in [4.69, 9.17) is 5.73 Å². The third kappa shape index (κ3) is 2.83. The van der Waals surface area contributed by atoms with Crippen molar-refractivity contribution >= 4 is 23.1 Å². The summed E-state index contributed by atoms with van der Waals surface area (Å²) in [7, 11) is 0. The summed E-state index contributed by atoms with van der Waals surface area (Å²) in [5, 5.41) is 12.3. The van der Waals surface area contributed by atoms with E-state index in [0.717, 1.165) is 24.9 Å². The van der Waals surface area contributed by atoms with Crippen LogP contribution in [0.3, 0.4) is 0 Å². The Hall–Kier alpha value is -2.69. The number of benzene rings is 2. The average molecular weight is 297 g/mol. The van der Waals surface area contributed by atoms with Crippen molar-refractivity contribution in [3.05, 3.63) is 48.0 Å². The molecule has 3 rings (SSSR count). The Morgan fingerprint density at radius 2 is 2.00 bits per heavy atom. The number of nitrogen functional groups attached to an aromatic ring is 1. The van der Waals surface area contributed by atoms with E-state index in [-0.39, 0.29) is 17.5 Å². The smallest absolute Gasteiger partial charge is 0.326 e. The number of hydrogen-bond donors (Lipinski definition) is 3. The molecule has 5 nitrogen and oxygen atoms in total. The summed E-state index contributed by atoms with van der Waals surface area (Å²) in [4.78, 5) is 14.4. The molecule has 2 amide bonds. The molecule has 1 aliphatic rings. The predicted octanol–water partition coefficient (Wildman–Crippen LogP) is 3.35. The van der Waals surface area contributed by atoms with Crippen LogP contribution in [0.4, 0.5) is 21.9 Å². The molecule has 2 aromatic rings. The molecule has 4 N–H and O–H groups in total. The zero-order chi connectivity index (χ0) is 15.5. The first kappa shape index (κ1) is 14.3. The number of urea groups is 1. The second-order valence-corrected chi connectivity index (χ2v) is 5.44. The van der Waals surface area contributed by atoms with Crippen molar-refractivity contribution in [3.63, 3.8) is 0 Å². The highest BCUT2D eigenvalue weighted by Gasteiger charge is 2.20. The average Bonchev–Trinajstić information content (AvgIpc) is 2.73. The fourth-order valence-corrected chi connectivity index (χ4v) is 2.73. The number of phenolic OH excluding ortho intramolecular Hbond substituents is 1. The van der Waals surface area contributed by atoms with Crippen molar-refractivity contribution in [3.8, 4) is 5.75 Å². The van der Waals surface area contributed by atoms with Crippen molar-refractivity contribution in [2.24, 2.45) is 0 Å². The van der Waals surface area contributed by atoms with Crippen LogP contribution in [0.15, 0.2) is 42.5 Å². The van der Waals surface area contributed by atoms with Crippen molar-refractivity contribution in [2.45, 2.75) is 19.3 Å². The summed E-state index contributed by atoms with van der Waals surface area (Å²) in [5.74, 6) is 0.0121. The summed E-state index contributed by atoms with van der Waals surface area (Å²) >= 11 is 0. The van der Waals surface area contributed by atoms with Gasteiger partial charge in [0, 0.05) is 17.9 Å². The first-order valence-electron chi connectivity index (χ1n) is 7.40. The van der Waals surface area contributed by atoms with Gasteiger partial charge in [-0.2, -0.15) is 0 Å². The minimum Gasteiger partial charge on any atom is -0.506 e. The number of carbonyl (C=O) groups excluding carboxylic acids is 1. The number of para-hydroxylation sites is 1. The number of aryl methyl sites for hydroxylation is 1. The molecule has 0 aromatic heterocycles. The zero-order valence-corrected chi connectivity index (χ0v) is 12.2. The van der Waals surface area contributed by atoms with Gasteiger partial charge < -0.3 is 16.2 Å². The number of fused-ring (bicyclic) bond motifs is 1. The van der Waals surface area contributed by atoms with Gasteiger partial charge in [0.2, 0.25) is 0 Å². The molecule has 0 unspecified atom stereocenters. The molecule has 0 spiro atoms. The maximum atomic E-state index is 12.6. The Morgan fingerprint density at radius 1 is 1.18 bits per heavy atom. The van der Waals surface area contributed by atoms with Crippen LogP contribution in [0.5, 0.6) is 5.75 Å². The van der Waals surface area contributed by atoms with Crippen LogP contribution in [-0.4, -0.2) is 17.7 Å². The third-order valence-corrected chi connectivity index (χ3v) is 3.88. The molecule has 114 valence electrons. The van der Waals surface area contributed by atoms with Gasteiger partial charge in [-0.15, -0.1) is 0 Å². The van der Waals surface area contributed by atoms with E-state index >= 15 is 0 Å². The lowest BCUT2D eigenvalue weighted by molar-refractivity contribution is 0.257. The molecule has 0 atom stereocenters. The third-order valence-electron chi connectivity index (χ3n) is 3.88. The van der Waals surface area contributed by atoms with Crippen LogP contribution in [-0.2, 0) is 6.42 Å². The molecule has 0 fully saturated rings. The van der Waals surface area contributed by atoms with Crippen LogP contribution < -0.4 is 16.0 Å². The number of nitrogens with zero attached hydrogens (tertiary/aromatic N) is 1. The van der Waals surface area contributed by atoms with Crippen LogP contribution in [0.2, 0.25) is 0 Å². The normalized spacial score (nSPS) is 14.1. The monoisotopic (exact) mass is 297 g/mol. The molecule has 0 saturated carbocycles. The van der Waals surface area contributed by atoms with Crippen LogP contribution in [0.25, 0.3) is 0 Å². The van der Waals surface area contributed by atoms with E-state index in [9.17, 15) is 9.90 Å². The van der Waals surface area contributed by atoms with Crippen molar-refractivity contribution in [2.75, 3.05) is 22.5 Å². The summed E-state index contributed by atoms with van der Waals surface area (Å²) in [6.07, 6.45) is 3.04. The highest BCUT2D eigenvalue weighted by Crippen LogP contribution is 2.28. The second kappa shape index (κ2) is 5.97. The highest BCUT2D eigenvalue weighted by molar-refractivity contribution is 6.02. The van der Waals surface area contributed by atoms with Crippen LogP contribution >= 0.6 is 0 Å². The Morgan fingerprint density at radius 3 is 2.82 bits per heavy atom. The van der Waals surface area contributed by atoms with E-state index in [1.807, 2.05) is 18.2 Å². The maximum absolute atomic E-state index is 12.6. The quantitative estimate of drug-likeness (QED) is 0.429. The lowest BCUT2D eigenvalue weighted by atomic mass is 10.1. The molecule has 0 radical (unpaired) electrons. The van der Waals surface area contributed by atoms with Gasteiger partial charge >= 0.3 is 6.03 Å². The number of rotatable bonds is 1. The molecule has 2 aromatic carbocycles. The molecular weight excluding hydrogens is 278 g/mol. The summed E-state index contributed by atoms with van der Waals surface area (Å²) in [5.41, 5.74) is 8.63. The van der Waals surface area contributed by atoms with Gasteiger partial charge in [0.1, 0.15) is 5.75 Å². The Kier molecular flexibility index (Phi) is 3.87. The largest absolute Gasteiger partial charge is 0.506 e. The lowest BCUT2D eigenvalue weighted by Crippen LogP contribution is -2.35. The topological polar surface area (TPSA) is 78.6 Å². The number of nitrogens with one attached hydrogen (secondary N) is 1. The predicted molar refractivity (Wildman–Crippen MR) is 88.3 cm³/mol. The molecule has 5 heteroatoms. The first-order chi connectivity index (χ1) is 10.6. The summed E-state index contributed by atoms with van der Waals surface area (Å²) in [6.45, 7) is 0.691.